The molecule has 0 bridgehead atoms. The van der Waals surface area contributed by atoms with Gasteiger partial charge in [-0.3, -0.25) is 9.78 Å². The van der Waals surface area contributed by atoms with E-state index in [0.717, 1.165) is 17.4 Å². The van der Waals surface area contributed by atoms with Crippen LogP contribution in [0.1, 0.15) is 17.3 Å². The number of aromatic nitrogens is 1. The highest BCUT2D eigenvalue weighted by Gasteiger charge is 2.07. The van der Waals surface area contributed by atoms with E-state index in [1.165, 1.54) is 0 Å². The van der Waals surface area contributed by atoms with E-state index in [2.05, 4.69) is 4.98 Å². The Morgan fingerprint density at radius 3 is 2.89 bits per heavy atom. The van der Waals surface area contributed by atoms with Gasteiger partial charge in [-0.2, -0.15) is 0 Å². The summed E-state index contributed by atoms with van der Waals surface area (Å²) in [6, 6.07) is 7.04. The van der Waals surface area contributed by atoms with Gasteiger partial charge < -0.3 is 4.74 Å². The number of benzene rings is 1. The quantitative estimate of drug-likeness (QED) is 0.789. The lowest BCUT2D eigenvalue weighted by Gasteiger charge is -2.07. The predicted octanol–water partition coefficient (Wildman–Crippen LogP) is 3.61. The van der Waals surface area contributed by atoms with E-state index >= 15 is 0 Å². The third kappa shape index (κ3) is 2.68. The first-order valence-corrected chi connectivity index (χ1v) is 5.95. The molecule has 0 aliphatic heterocycles. The van der Waals surface area contributed by atoms with E-state index < -0.39 is 0 Å². The van der Waals surface area contributed by atoms with Crippen molar-refractivity contribution in [3.8, 4) is 16.9 Å². The molecule has 0 saturated carbocycles. The van der Waals surface area contributed by atoms with Crippen molar-refractivity contribution in [2.45, 2.75) is 6.92 Å². The van der Waals surface area contributed by atoms with Crippen molar-refractivity contribution in [2.75, 3.05) is 6.61 Å². The van der Waals surface area contributed by atoms with Gasteiger partial charge in [-0.15, -0.1) is 0 Å². The van der Waals surface area contributed by atoms with Crippen LogP contribution in [0.25, 0.3) is 11.1 Å². The number of carbonyl (C=O) groups is 1. The summed E-state index contributed by atoms with van der Waals surface area (Å²) >= 11 is 5.86. The lowest BCUT2D eigenvalue weighted by atomic mass is 10.0. The largest absolute Gasteiger partial charge is 0.492 e. The smallest absolute Gasteiger partial charge is 0.150 e. The molecule has 0 radical (unpaired) electrons. The molecule has 0 spiro atoms. The molecule has 0 aliphatic rings. The fourth-order valence-electron chi connectivity index (χ4n) is 1.71. The summed E-state index contributed by atoms with van der Waals surface area (Å²) in [5.41, 5.74) is 2.17. The molecule has 0 amide bonds. The summed E-state index contributed by atoms with van der Waals surface area (Å²) in [6.07, 6.45) is 4.12. The maximum Gasteiger partial charge on any atom is 0.150 e. The number of ether oxygens (including phenoxy) is 1. The Labute approximate surface area is 110 Å². The zero-order chi connectivity index (χ0) is 13.0. The Bertz CT molecular complexity index is 569. The number of carbonyl (C=O) groups excluding carboxylic acids is 1. The van der Waals surface area contributed by atoms with E-state index in [9.17, 15) is 4.79 Å². The third-order valence-electron chi connectivity index (χ3n) is 2.48. The molecule has 1 aromatic carbocycles. The molecule has 0 unspecified atom stereocenters. The molecule has 4 heteroatoms. The monoisotopic (exact) mass is 261 g/mol. The Hall–Kier alpha value is -1.87. The summed E-state index contributed by atoms with van der Waals surface area (Å²) in [7, 11) is 0. The van der Waals surface area contributed by atoms with Gasteiger partial charge in [0.25, 0.3) is 0 Å². The van der Waals surface area contributed by atoms with Gasteiger partial charge in [0.1, 0.15) is 5.75 Å². The van der Waals surface area contributed by atoms with Gasteiger partial charge in [0.2, 0.25) is 0 Å². The number of halogens is 1. The maximum atomic E-state index is 11.1. The van der Waals surface area contributed by atoms with E-state index in [4.69, 9.17) is 16.3 Å². The number of aldehydes is 1. The molecule has 0 fully saturated rings. The number of nitrogens with zero attached hydrogens (tertiary/aromatic N) is 1. The standard InChI is InChI=1S/C14H12ClNO2/c1-2-18-13-6-10(7-16-8-13)14-4-3-12(15)5-11(14)9-17/h3-9H,2H2,1H3. The average molecular weight is 262 g/mol. The first-order valence-electron chi connectivity index (χ1n) is 5.57. The van der Waals surface area contributed by atoms with Crippen molar-refractivity contribution in [3.63, 3.8) is 0 Å². The van der Waals surface area contributed by atoms with Crippen LogP contribution in [0.4, 0.5) is 0 Å². The number of rotatable bonds is 4. The van der Waals surface area contributed by atoms with Crippen molar-refractivity contribution in [1.29, 1.82) is 0 Å². The fraction of sp³-hybridized carbons (Fsp3) is 0.143. The molecule has 1 heterocycles. The molecular weight excluding hydrogens is 250 g/mol. The second kappa shape index (κ2) is 5.65. The number of hydrogen-bond acceptors (Lipinski definition) is 3. The van der Waals surface area contributed by atoms with Crippen LogP contribution in [-0.2, 0) is 0 Å². The molecule has 18 heavy (non-hydrogen) atoms. The van der Waals surface area contributed by atoms with Crippen molar-refractivity contribution < 1.29 is 9.53 Å². The van der Waals surface area contributed by atoms with E-state index in [1.54, 1.807) is 30.6 Å². The SMILES string of the molecule is CCOc1cncc(-c2ccc(Cl)cc2C=O)c1. The van der Waals surface area contributed by atoms with Crippen LogP contribution in [-0.4, -0.2) is 17.9 Å². The Balaban J connectivity index is 2.47. The molecule has 92 valence electrons. The molecule has 2 rings (SSSR count). The Morgan fingerprint density at radius 1 is 1.33 bits per heavy atom. The van der Waals surface area contributed by atoms with Gasteiger partial charge in [-0.1, -0.05) is 17.7 Å². The third-order valence-corrected chi connectivity index (χ3v) is 2.71. The zero-order valence-corrected chi connectivity index (χ0v) is 10.6. The topological polar surface area (TPSA) is 39.2 Å². The van der Waals surface area contributed by atoms with Gasteiger partial charge >= 0.3 is 0 Å². The fourth-order valence-corrected chi connectivity index (χ4v) is 1.89. The highest BCUT2D eigenvalue weighted by molar-refractivity contribution is 6.31. The molecular formula is C14H12ClNO2. The molecule has 0 aliphatic carbocycles. The molecule has 1 aromatic heterocycles. The summed E-state index contributed by atoms with van der Waals surface area (Å²) < 4.78 is 5.39. The number of pyridine rings is 1. The van der Waals surface area contributed by atoms with Crippen LogP contribution in [0.5, 0.6) is 5.75 Å². The Morgan fingerprint density at radius 2 is 2.17 bits per heavy atom. The van der Waals surface area contributed by atoms with Crippen molar-refractivity contribution in [2.24, 2.45) is 0 Å². The minimum absolute atomic E-state index is 0.537. The summed E-state index contributed by atoms with van der Waals surface area (Å²) in [6.45, 7) is 2.48. The summed E-state index contributed by atoms with van der Waals surface area (Å²) in [5, 5.41) is 0.537. The predicted molar refractivity (Wildman–Crippen MR) is 71.2 cm³/mol. The van der Waals surface area contributed by atoms with Crippen molar-refractivity contribution in [1.82, 2.24) is 4.98 Å². The molecule has 2 aromatic rings. The second-order valence-electron chi connectivity index (χ2n) is 3.69. The molecule has 3 nitrogen and oxygen atoms in total. The van der Waals surface area contributed by atoms with Crippen molar-refractivity contribution >= 4 is 17.9 Å². The molecule has 0 saturated heterocycles. The van der Waals surface area contributed by atoms with Crippen molar-refractivity contribution in [3.05, 3.63) is 47.2 Å². The second-order valence-corrected chi connectivity index (χ2v) is 4.13. The van der Waals surface area contributed by atoms with Gasteiger partial charge in [0.05, 0.1) is 12.8 Å². The zero-order valence-electron chi connectivity index (χ0n) is 9.89. The first-order chi connectivity index (χ1) is 8.74. The van der Waals surface area contributed by atoms with E-state index in [0.29, 0.717) is 22.9 Å². The molecule has 0 N–H and O–H groups in total. The highest BCUT2D eigenvalue weighted by Crippen LogP contribution is 2.27. The maximum absolute atomic E-state index is 11.1. The molecule has 0 atom stereocenters. The van der Waals surface area contributed by atoms with Gasteiger partial charge in [0, 0.05) is 22.3 Å². The normalized spacial score (nSPS) is 10.1. The van der Waals surface area contributed by atoms with Crippen LogP contribution < -0.4 is 4.74 Å². The van der Waals surface area contributed by atoms with Crippen LogP contribution >= 0.6 is 11.6 Å². The minimum atomic E-state index is 0.537. The van der Waals surface area contributed by atoms with Gasteiger partial charge in [-0.25, -0.2) is 0 Å². The summed E-state index contributed by atoms with van der Waals surface area (Å²) in [4.78, 5) is 15.2. The van der Waals surface area contributed by atoms with Crippen LogP contribution in [0.15, 0.2) is 36.7 Å². The van der Waals surface area contributed by atoms with Crippen LogP contribution in [0, 0.1) is 0 Å². The van der Waals surface area contributed by atoms with E-state index in [1.807, 2.05) is 13.0 Å². The Kier molecular flexibility index (Phi) is 3.95. The van der Waals surface area contributed by atoms with Crippen LogP contribution in [0.3, 0.4) is 0 Å². The van der Waals surface area contributed by atoms with Gasteiger partial charge in [0.15, 0.2) is 6.29 Å². The highest BCUT2D eigenvalue weighted by atomic mass is 35.5. The van der Waals surface area contributed by atoms with Crippen LogP contribution in [0.2, 0.25) is 5.02 Å². The average Bonchev–Trinajstić information content (AvgIpc) is 2.39. The number of hydrogen-bond donors (Lipinski definition) is 0. The van der Waals surface area contributed by atoms with E-state index in [-0.39, 0.29) is 0 Å². The van der Waals surface area contributed by atoms with Gasteiger partial charge in [-0.05, 0) is 30.7 Å². The lowest BCUT2D eigenvalue weighted by molar-refractivity contribution is 0.112. The lowest BCUT2D eigenvalue weighted by Crippen LogP contribution is -1.94. The first kappa shape index (κ1) is 12.6. The minimum Gasteiger partial charge on any atom is -0.492 e. The summed E-state index contributed by atoms with van der Waals surface area (Å²) in [5.74, 6) is 0.682.